The second-order valence-corrected chi connectivity index (χ2v) is 5.83. The Morgan fingerprint density at radius 1 is 1.33 bits per heavy atom. The van der Waals surface area contributed by atoms with E-state index in [9.17, 15) is 9.90 Å². The molecule has 1 atom stereocenters. The Bertz CT molecular complexity index is 287. The molecule has 1 saturated carbocycles. The van der Waals surface area contributed by atoms with Gasteiger partial charge in [-0.2, -0.15) is 0 Å². The van der Waals surface area contributed by atoms with E-state index in [1.165, 1.54) is 20.0 Å². The topological polar surface area (TPSA) is 49.8 Å². The van der Waals surface area contributed by atoms with Gasteiger partial charge in [-0.25, -0.2) is 0 Å². The maximum atomic E-state index is 11.4. The normalized spacial score (nSPS) is 28.2. The molecule has 0 aromatic carbocycles. The molecule has 2 rings (SSSR count). The molecule has 1 N–H and O–H groups in total. The number of nitrogens with zero attached hydrogens (tertiary/aromatic N) is 1. The maximum Gasteiger partial charge on any atom is 0.307 e. The van der Waals surface area contributed by atoms with E-state index in [2.05, 4.69) is 4.90 Å². The van der Waals surface area contributed by atoms with Gasteiger partial charge in [0, 0.05) is 12.6 Å². The standard InChI is InChI=1S/C14H25NO3/c1-18-13(16)10-12-6-2-5-9-15(12)11-14(17)7-3-4-8-14/h12,17H,2-11H2,1H3. The van der Waals surface area contributed by atoms with Crippen LogP contribution in [-0.2, 0) is 9.53 Å². The number of methoxy groups -OCH3 is 1. The van der Waals surface area contributed by atoms with Crippen molar-refractivity contribution in [1.29, 1.82) is 0 Å². The summed E-state index contributed by atoms with van der Waals surface area (Å²) in [7, 11) is 1.44. The van der Waals surface area contributed by atoms with Crippen LogP contribution in [0.2, 0.25) is 0 Å². The quantitative estimate of drug-likeness (QED) is 0.777. The van der Waals surface area contributed by atoms with Crippen LogP contribution in [-0.4, -0.2) is 47.8 Å². The fraction of sp³-hybridized carbons (Fsp3) is 0.929. The number of hydrogen-bond acceptors (Lipinski definition) is 4. The molecule has 2 aliphatic rings. The summed E-state index contributed by atoms with van der Waals surface area (Å²) in [6.07, 6.45) is 7.95. The van der Waals surface area contributed by atoms with Crippen molar-refractivity contribution < 1.29 is 14.6 Å². The number of aliphatic hydroxyl groups is 1. The molecule has 4 heteroatoms. The molecule has 18 heavy (non-hydrogen) atoms. The first-order chi connectivity index (χ1) is 8.63. The molecular weight excluding hydrogens is 230 g/mol. The molecule has 1 aliphatic heterocycles. The molecule has 2 fully saturated rings. The van der Waals surface area contributed by atoms with Crippen LogP contribution < -0.4 is 0 Å². The summed E-state index contributed by atoms with van der Waals surface area (Å²) in [6, 6.07) is 0.260. The van der Waals surface area contributed by atoms with Gasteiger partial charge >= 0.3 is 5.97 Å². The molecule has 1 aliphatic carbocycles. The fourth-order valence-electron chi connectivity index (χ4n) is 3.34. The van der Waals surface area contributed by atoms with Gasteiger partial charge in [0.15, 0.2) is 0 Å². The summed E-state index contributed by atoms with van der Waals surface area (Å²) < 4.78 is 4.77. The van der Waals surface area contributed by atoms with E-state index in [1.807, 2.05) is 0 Å². The van der Waals surface area contributed by atoms with E-state index < -0.39 is 5.60 Å². The van der Waals surface area contributed by atoms with Crippen molar-refractivity contribution in [2.75, 3.05) is 20.2 Å². The molecule has 0 aromatic rings. The van der Waals surface area contributed by atoms with Crippen molar-refractivity contribution in [3.63, 3.8) is 0 Å². The van der Waals surface area contributed by atoms with Gasteiger partial charge in [-0.15, -0.1) is 0 Å². The molecule has 1 saturated heterocycles. The van der Waals surface area contributed by atoms with Gasteiger partial charge in [0.2, 0.25) is 0 Å². The lowest BCUT2D eigenvalue weighted by atomic mass is 9.95. The van der Waals surface area contributed by atoms with Gasteiger partial charge in [-0.3, -0.25) is 9.69 Å². The highest BCUT2D eigenvalue weighted by Crippen LogP contribution is 2.32. The predicted molar refractivity (Wildman–Crippen MR) is 69.3 cm³/mol. The molecule has 4 nitrogen and oxygen atoms in total. The Labute approximate surface area is 109 Å². The molecular formula is C14H25NO3. The van der Waals surface area contributed by atoms with E-state index in [0.29, 0.717) is 6.42 Å². The van der Waals surface area contributed by atoms with Crippen LogP contribution >= 0.6 is 0 Å². The summed E-state index contributed by atoms with van der Waals surface area (Å²) in [6.45, 7) is 1.73. The van der Waals surface area contributed by atoms with Crippen LogP contribution in [0, 0.1) is 0 Å². The summed E-state index contributed by atoms with van der Waals surface area (Å²) in [5, 5.41) is 10.5. The largest absolute Gasteiger partial charge is 0.469 e. The van der Waals surface area contributed by atoms with E-state index in [-0.39, 0.29) is 12.0 Å². The lowest BCUT2D eigenvalue weighted by molar-refractivity contribution is -0.142. The van der Waals surface area contributed by atoms with Crippen molar-refractivity contribution in [2.24, 2.45) is 0 Å². The average Bonchev–Trinajstić information content (AvgIpc) is 2.78. The highest BCUT2D eigenvalue weighted by atomic mass is 16.5. The lowest BCUT2D eigenvalue weighted by Gasteiger charge is -2.39. The van der Waals surface area contributed by atoms with Gasteiger partial charge in [0.25, 0.3) is 0 Å². The third kappa shape index (κ3) is 3.45. The van der Waals surface area contributed by atoms with Crippen molar-refractivity contribution >= 4 is 5.97 Å². The first kappa shape index (κ1) is 13.8. The van der Waals surface area contributed by atoms with Gasteiger partial charge in [-0.1, -0.05) is 19.3 Å². The van der Waals surface area contributed by atoms with E-state index in [1.54, 1.807) is 0 Å². The van der Waals surface area contributed by atoms with Crippen LogP contribution in [0.15, 0.2) is 0 Å². The Morgan fingerprint density at radius 2 is 2.06 bits per heavy atom. The van der Waals surface area contributed by atoms with Gasteiger partial charge in [-0.05, 0) is 32.2 Å². The van der Waals surface area contributed by atoms with Crippen molar-refractivity contribution in [3.05, 3.63) is 0 Å². The number of piperidine rings is 1. The van der Waals surface area contributed by atoms with Crippen molar-refractivity contribution in [3.8, 4) is 0 Å². The summed E-state index contributed by atoms with van der Waals surface area (Å²) in [5.41, 5.74) is -0.508. The lowest BCUT2D eigenvalue weighted by Crippen LogP contribution is -2.49. The third-order valence-corrected chi connectivity index (χ3v) is 4.41. The first-order valence-corrected chi connectivity index (χ1v) is 7.16. The summed E-state index contributed by atoms with van der Waals surface area (Å²) >= 11 is 0. The summed E-state index contributed by atoms with van der Waals surface area (Å²) in [4.78, 5) is 13.7. The zero-order valence-corrected chi connectivity index (χ0v) is 11.4. The Hall–Kier alpha value is -0.610. The second kappa shape index (κ2) is 6.02. The number of esters is 1. The minimum Gasteiger partial charge on any atom is -0.469 e. The monoisotopic (exact) mass is 255 g/mol. The van der Waals surface area contributed by atoms with Crippen LogP contribution in [0.4, 0.5) is 0 Å². The first-order valence-electron chi connectivity index (χ1n) is 7.16. The molecule has 1 heterocycles. The zero-order chi connectivity index (χ0) is 13.0. The maximum absolute atomic E-state index is 11.4. The Kier molecular flexibility index (Phi) is 4.62. The van der Waals surface area contributed by atoms with Crippen LogP contribution in [0.3, 0.4) is 0 Å². The zero-order valence-electron chi connectivity index (χ0n) is 11.4. The van der Waals surface area contributed by atoms with Crippen LogP contribution in [0.5, 0.6) is 0 Å². The molecule has 104 valence electrons. The van der Waals surface area contributed by atoms with E-state index in [0.717, 1.165) is 45.2 Å². The van der Waals surface area contributed by atoms with E-state index in [4.69, 9.17) is 4.74 Å². The second-order valence-electron chi connectivity index (χ2n) is 5.83. The van der Waals surface area contributed by atoms with Crippen molar-refractivity contribution in [1.82, 2.24) is 4.90 Å². The van der Waals surface area contributed by atoms with Crippen LogP contribution in [0.25, 0.3) is 0 Å². The van der Waals surface area contributed by atoms with Gasteiger partial charge < -0.3 is 9.84 Å². The Balaban J connectivity index is 1.92. The van der Waals surface area contributed by atoms with Gasteiger partial charge in [0.05, 0.1) is 19.1 Å². The molecule has 0 amide bonds. The number of hydrogen-bond donors (Lipinski definition) is 1. The molecule has 0 bridgehead atoms. The number of carbonyl (C=O) groups excluding carboxylic acids is 1. The molecule has 0 spiro atoms. The minimum absolute atomic E-state index is 0.134. The Morgan fingerprint density at radius 3 is 2.72 bits per heavy atom. The number of carbonyl (C=O) groups is 1. The molecule has 0 radical (unpaired) electrons. The SMILES string of the molecule is COC(=O)CC1CCCCN1CC1(O)CCCC1. The molecule has 0 aromatic heterocycles. The smallest absolute Gasteiger partial charge is 0.307 e. The predicted octanol–water partition coefficient (Wildman–Crippen LogP) is 1.71. The third-order valence-electron chi connectivity index (χ3n) is 4.41. The van der Waals surface area contributed by atoms with Crippen molar-refractivity contribution in [2.45, 2.75) is 63.0 Å². The highest BCUT2D eigenvalue weighted by Gasteiger charge is 2.36. The summed E-state index contributed by atoms with van der Waals surface area (Å²) in [5.74, 6) is -0.134. The number of ether oxygens (including phenoxy) is 1. The highest BCUT2D eigenvalue weighted by molar-refractivity contribution is 5.69. The number of likely N-dealkylation sites (tertiary alicyclic amines) is 1. The minimum atomic E-state index is -0.508. The average molecular weight is 255 g/mol. The van der Waals surface area contributed by atoms with Gasteiger partial charge in [0.1, 0.15) is 0 Å². The van der Waals surface area contributed by atoms with Crippen LogP contribution in [0.1, 0.15) is 51.4 Å². The fourth-order valence-corrected chi connectivity index (χ4v) is 3.34. The van der Waals surface area contributed by atoms with E-state index >= 15 is 0 Å². The molecule has 1 unspecified atom stereocenters. The number of β-amino-alcohol motifs (C(OH)–C–C–N with tert-alkyl or cyclic N) is 1. The number of rotatable bonds is 4.